The Morgan fingerprint density at radius 2 is 1.66 bits per heavy atom. The lowest BCUT2D eigenvalue weighted by Gasteiger charge is -2.34. The smallest absolute Gasteiger partial charge is 0.254 e. The lowest BCUT2D eigenvalue weighted by Crippen LogP contribution is -2.48. The Morgan fingerprint density at radius 3 is 2.37 bits per heavy atom. The molecule has 5 rings (SSSR count). The van der Waals surface area contributed by atoms with Gasteiger partial charge < -0.3 is 9.47 Å². The topological polar surface area (TPSA) is 65.2 Å². The standard InChI is InChI=1S/C29H29N5O/c1-32-27-13-12-25(19-26(27)31-28(32)14-11-22-7-9-23(20-30)10-8-22)29(35)34-17-15-33(16-18-34)21-24-5-3-2-4-6-24/h2-10,12-13,19H,11,14-18,21H2,1H3. The van der Waals surface area contributed by atoms with Crippen LogP contribution in [0.5, 0.6) is 0 Å². The summed E-state index contributed by atoms with van der Waals surface area (Å²) in [6.45, 7) is 4.16. The summed E-state index contributed by atoms with van der Waals surface area (Å²) in [5.74, 6) is 1.07. The van der Waals surface area contributed by atoms with Gasteiger partial charge in [0, 0.05) is 51.8 Å². The molecule has 1 fully saturated rings. The van der Waals surface area contributed by atoms with E-state index in [1.807, 2.05) is 60.5 Å². The Bertz CT molecular complexity index is 1360. The molecule has 0 aliphatic carbocycles. The number of benzene rings is 3. The number of imidazole rings is 1. The minimum absolute atomic E-state index is 0.0797. The molecule has 4 aromatic rings. The SMILES string of the molecule is Cn1c(CCc2ccc(C#N)cc2)nc2cc(C(=O)N3CCN(Cc4ccccc4)CC3)ccc21. The van der Waals surface area contributed by atoms with E-state index in [-0.39, 0.29) is 5.91 Å². The van der Waals surface area contributed by atoms with Crippen molar-refractivity contribution in [2.24, 2.45) is 7.05 Å². The van der Waals surface area contributed by atoms with Gasteiger partial charge in [0.25, 0.3) is 5.91 Å². The van der Waals surface area contributed by atoms with Crippen molar-refractivity contribution in [3.05, 3.63) is 101 Å². The average molecular weight is 464 g/mol. The number of nitriles is 1. The first-order chi connectivity index (χ1) is 17.1. The Morgan fingerprint density at radius 1 is 0.914 bits per heavy atom. The first-order valence-electron chi connectivity index (χ1n) is 12.1. The minimum atomic E-state index is 0.0797. The quantitative estimate of drug-likeness (QED) is 0.430. The highest BCUT2D eigenvalue weighted by molar-refractivity contribution is 5.97. The molecule has 0 N–H and O–H groups in total. The van der Waals surface area contributed by atoms with Gasteiger partial charge in [-0.05, 0) is 47.9 Å². The first-order valence-corrected chi connectivity index (χ1v) is 12.1. The summed E-state index contributed by atoms with van der Waals surface area (Å²) in [5.41, 5.74) is 5.75. The van der Waals surface area contributed by atoms with Crippen molar-refractivity contribution >= 4 is 16.9 Å². The van der Waals surface area contributed by atoms with Crippen LogP contribution in [-0.4, -0.2) is 51.4 Å². The predicted molar refractivity (Wildman–Crippen MR) is 137 cm³/mol. The van der Waals surface area contributed by atoms with E-state index >= 15 is 0 Å². The van der Waals surface area contributed by atoms with Crippen molar-refractivity contribution in [2.75, 3.05) is 26.2 Å². The van der Waals surface area contributed by atoms with Crippen molar-refractivity contribution in [1.82, 2.24) is 19.4 Å². The van der Waals surface area contributed by atoms with Crippen LogP contribution in [0.15, 0.2) is 72.8 Å². The molecule has 0 atom stereocenters. The summed E-state index contributed by atoms with van der Waals surface area (Å²) in [5, 5.41) is 8.97. The lowest BCUT2D eigenvalue weighted by atomic mass is 10.1. The largest absolute Gasteiger partial charge is 0.336 e. The van der Waals surface area contributed by atoms with Crippen LogP contribution in [0.3, 0.4) is 0 Å². The molecule has 6 nitrogen and oxygen atoms in total. The third-order valence-electron chi connectivity index (χ3n) is 6.85. The maximum absolute atomic E-state index is 13.2. The van der Waals surface area contributed by atoms with Crippen LogP contribution in [0.25, 0.3) is 11.0 Å². The molecule has 1 aromatic heterocycles. The fourth-order valence-corrected chi connectivity index (χ4v) is 4.74. The second-order valence-electron chi connectivity index (χ2n) is 9.15. The molecule has 176 valence electrons. The van der Waals surface area contributed by atoms with Crippen LogP contribution in [0.1, 0.15) is 32.9 Å². The summed E-state index contributed by atoms with van der Waals surface area (Å²) >= 11 is 0. The lowest BCUT2D eigenvalue weighted by molar-refractivity contribution is 0.0628. The Hall–Kier alpha value is -3.95. The maximum Gasteiger partial charge on any atom is 0.254 e. The number of aromatic nitrogens is 2. The zero-order valence-electron chi connectivity index (χ0n) is 20.0. The monoisotopic (exact) mass is 463 g/mol. The molecule has 0 spiro atoms. The van der Waals surface area contributed by atoms with Crippen LogP contribution in [0.4, 0.5) is 0 Å². The van der Waals surface area contributed by atoms with Gasteiger partial charge in [0.2, 0.25) is 0 Å². The summed E-state index contributed by atoms with van der Waals surface area (Å²) in [6.07, 6.45) is 1.64. The van der Waals surface area contributed by atoms with Gasteiger partial charge in [-0.3, -0.25) is 9.69 Å². The summed E-state index contributed by atoms with van der Waals surface area (Å²) in [6, 6.07) is 26.2. The van der Waals surface area contributed by atoms with E-state index in [4.69, 9.17) is 10.2 Å². The number of hydrogen-bond donors (Lipinski definition) is 0. The molecule has 1 saturated heterocycles. The second-order valence-corrected chi connectivity index (χ2v) is 9.15. The van der Waals surface area contributed by atoms with Crippen molar-refractivity contribution in [3.8, 4) is 6.07 Å². The van der Waals surface area contributed by atoms with Crippen LogP contribution >= 0.6 is 0 Å². The zero-order chi connectivity index (χ0) is 24.2. The van der Waals surface area contributed by atoms with Gasteiger partial charge in [-0.1, -0.05) is 42.5 Å². The molecule has 1 aliphatic heterocycles. The molecule has 0 radical (unpaired) electrons. The van der Waals surface area contributed by atoms with Gasteiger partial charge in [0.15, 0.2) is 0 Å². The molecule has 0 bridgehead atoms. The zero-order valence-corrected chi connectivity index (χ0v) is 20.0. The van der Waals surface area contributed by atoms with E-state index < -0.39 is 0 Å². The van der Waals surface area contributed by atoms with Gasteiger partial charge >= 0.3 is 0 Å². The van der Waals surface area contributed by atoms with Gasteiger partial charge in [-0.2, -0.15) is 5.26 Å². The molecular weight excluding hydrogens is 434 g/mol. The average Bonchev–Trinajstić information content (AvgIpc) is 3.23. The van der Waals surface area contributed by atoms with Crippen molar-refractivity contribution in [3.63, 3.8) is 0 Å². The molecule has 0 saturated carbocycles. The fraction of sp³-hybridized carbons (Fsp3) is 0.276. The number of carbonyl (C=O) groups is 1. The number of rotatable bonds is 6. The second kappa shape index (κ2) is 10.1. The Kier molecular flexibility index (Phi) is 6.60. The number of carbonyl (C=O) groups excluding carboxylic acids is 1. The van der Waals surface area contributed by atoms with Gasteiger partial charge in [0.1, 0.15) is 5.82 Å². The third-order valence-corrected chi connectivity index (χ3v) is 6.85. The molecule has 2 heterocycles. The maximum atomic E-state index is 13.2. The molecule has 0 unspecified atom stereocenters. The van der Waals surface area contributed by atoms with Gasteiger partial charge in [0.05, 0.1) is 22.7 Å². The van der Waals surface area contributed by atoms with E-state index in [1.165, 1.54) is 11.1 Å². The van der Waals surface area contributed by atoms with E-state index in [9.17, 15) is 4.79 Å². The van der Waals surface area contributed by atoms with E-state index in [0.29, 0.717) is 11.1 Å². The number of nitrogens with zero attached hydrogens (tertiary/aromatic N) is 5. The summed E-state index contributed by atoms with van der Waals surface area (Å²) in [7, 11) is 2.02. The normalized spacial score (nSPS) is 14.2. The van der Waals surface area contributed by atoms with E-state index in [2.05, 4.69) is 39.8 Å². The van der Waals surface area contributed by atoms with Crippen LogP contribution in [0, 0.1) is 11.3 Å². The van der Waals surface area contributed by atoms with Gasteiger partial charge in [-0.25, -0.2) is 4.98 Å². The highest BCUT2D eigenvalue weighted by Gasteiger charge is 2.23. The Balaban J connectivity index is 1.23. The Labute approximate surface area is 206 Å². The van der Waals surface area contributed by atoms with Crippen molar-refractivity contribution in [2.45, 2.75) is 19.4 Å². The molecular formula is C29H29N5O. The van der Waals surface area contributed by atoms with Crippen molar-refractivity contribution in [1.29, 1.82) is 5.26 Å². The highest BCUT2D eigenvalue weighted by Crippen LogP contribution is 2.20. The molecule has 6 heteroatoms. The number of piperazine rings is 1. The number of fused-ring (bicyclic) bond motifs is 1. The van der Waals surface area contributed by atoms with Crippen molar-refractivity contribution < 1.29 is 4.79 Å². The minimum Gasteiger partial charge on any atom is -0.336 e. The summed E-state index contributed by atoms with van der Waals surface area (Å²) < 4.78 is 2.11. The molecule has 1 aliphatic rings. The fourth-order valence-electron chi connectivity index (χ4n) is 4.74. The van der Waals surface area contributed by atoms with E-state index in [1.54, 1.807) is 0 Å². The number of aryl methyl sites for hydroxylation is 3. The predicted octanol–water partition coefficient (Wildman–Crippen LogP) is 4.19. The summed E-state index contributed by atoms with van der Waals surface area (Å²) in [4.78, 5) is 22.4. The van der Waals surface area contributed by atoms with Crippen LogP contribution in [0.2, 0.25) is 0 Å². The van der Waals surface area contributed by atoms with Crippen LogP contribution < -0.4 is 0 Å². The van der Waals surface area contributed by atoms with E-state index in [0.717, 1.165) is 62.4 Å². The molecule has 35 heavy (non-hydrogen) atoms. The highest BCUT2D eigenvalue weighted by atomic mass is 16.2. The molecule has 3 aromatic carbocycles. The number of hydrogen-bond acceptors (Lipinski definition) is 4. The molecule has 1 amide bonds. The van der Waals surface area contributed by atoms with Crippen LogP contribution in [-0.2, 0) is 26.4 Å². The third kappa shape index (κ3) is 5.11. The van der Waals surface area contributed by atoms with Gasteiger partial charge in [-0.15, -0.1) is 0 Å². The number of amides is 1. The first kappa shape index (κ1) is 22.8.